The van der Waals surface area contributed by atoms with Gasteiger partial charge in [0.15, 0.2) is 0 Å². The maximum atomic E-state index is 12.5. The Labute approximate surface area is 184 Å². The van der Waals surface area contributed by atoms with Crippen LogP contribution in [0.4, 0.5) is 5.69 Å². The zero-order chi connectivity index (χ0) is 22.6. The fraction of sp³-hybridized carbons (Fsp3) is 0.391. The zero-order valence-electron chi connectivity index (χ0n) is 18.6. The molecule has 1 heterocycles. The molecular weight excluding hydrogens is 412 g/mol. The van der Waals surface area contributed by atoms with Crippen molar-refractivity contribution in [1.29, 1.82) is 0 Å². The number of aryl methyl sites for hydroxylation is 3. The smallest absolute Gasteiger partial charge is 0.242 e. The summed E-state index contributed by atoms with van der Waals surface area (Å²) in [7, 11) is -0.510. The first kappa shape index (κ1) is 23.0. The van der Waals surface area contributed by atoms with Crippen molar-refractivity contribution in [2.24, 2.45) is 0 Å². The second-order valence-electron chi connectivity index (χ2n) is 7.83. The van der Waals surface area contributed by atoms with Crippen LogP contribution >= 0.6 is 0 Å². The van der Waals surface area contributed by atoms with Crippen molar-refractivity contribution in [2.75, 3.05) is 19.4 Å². The van der Waals surface area contributed by atoms with E-state index in [1.54, 1.807) is 12.1 Å². The molecule has 0 saturated heterocycles. The molecule has 0 aliphatic heterocycles. The highest BCUT2D eigenvalue weighted by Gasteiger charge is 2.20. The van der Waals surface area contributed by atoms with Gasteiger partial charge in [-0.2, -0.15) is 0 Å². The van der Waals surface area contributed by atoms with Gasteiger partial charge < -0.3 is 9.88 Å². The highest BCUT2D eigenvalue weighted by Crippen LogP contribution is 2.23. The minimum absolute atomic E-state index is 0.0701. The van der Waals surface area contributed by atoms with Crippen molar-refractivity contribution >= 4 is 32.7 Å². The van der Waals surface area contributed by atoms with E-state index in [0.29, 0.717) is 18.4 Å². The number of carbonyl (C=O) groups is 1. The Kier molecular flexibility index (Phi) is 7.12. The number of unbranched alkanes of at least 4 members (excludes halogenated alkanes) is 1. The van der Waals surface area contributed by atoms with E-state index in [4.69, 9.17) is 4.98 Å². The summed E-state index contributed by atoms with van der Waals surface area (Å²) >= 11 is 0. The van der Waals surface area contributed by atoms with Crippen molar-refractivity contribution in [2.45, 2.75) is 51.0 Å². The first-order chi connectivity index (χ1) is 14.7. The van der Waals surface area contributed by atoms with Gasteiger partial charge in [0.25, 0.3) is 0 Å². The summed E-state index contributed by atoms with van der Waals surface area (Å²) in [4.78, 5) is 17.4. The molecule has 0 atom stereocenters. The van der Waals surface area contributed by atoms with E-state index in [0.717, 1.165) is 42.0 Å². The number of rotatable bonds is 9. The molecule has 7 nitrogen and oxygen atoms in total. The number of fused-ring (bicyclic) bond motifs is 1. The van der Waals surface area contributed by atoms with E-state index in [1.165, 1.54) is 18.4 Å². The van der Waals surface area contributed by atoms with Crippen molar-refractivity contribution < 1.29 is 13.2 Å². The van der Waals surface area contributed by atoms with E-state index in [1.807, 2.05) is 37.3 Å². The molecule has 3 rings (SSSR count). The summed E-state index contributed by atoms with van der Waals surface area (Å²) in [5.74, 6) is 0.724. The molecule has 1 N–H and O–H groups in total. The molecule has 0 unspecified atom stereocenters. The minimum atomic E-state index is -3.53. The first-order valence-corrected chi connectivity index (χ1v) is 11.9. The van der Waals surface area contributed by atoms with Crippen LogP contribution in [0.15, 0.2) is 47.4 Å². The number of amides is 1. The molecule has 0 aliphatic rings. The molecular formula is C23H30N4O3S. The van der Waals surface area contributed by atoms with Crippen LogP contribution in [-0.2, 0) is 27.8 Å². The lowest BCUT2D eigenvalue weighted by Gasteiger charge is -2.12. The SMILES string of the molecule is CCCCn1c(CCC(=O)Nc2ccccc2C)nc2cc(S(=O)(=O)N(C)C)ccc21. The van der Waals surface area contributed by atoms with Crippen LogP contribution in [0.3, 0.4) is 0 Å². The number of para-hydroxylation sites is 1. The number of anilines is 1. The highest BCUT2D eigenvalue weighted by molar-refractivity contribution is 7.89. The molecule has 0 aliphatic carbocycles. The molecule has 1 amide bonds. The normalized spacial score (nSPS) is 11.9. The van der Waals surface area contributed by atoms with E-state index in [-0.39, 0.29) is 10.8 Å². The summed E-state index contributed by atoms with van der Waals surface area (Å²) in [5, 5.41) is 2.96. The van der Waals surface area contributed by atoms with Crippen molar-refractivity contribution in [1.82, 2.24) is 13.9 Å². The molecule has 0 bridgehead atoms. The Hall–Kier alpha value is -2.71. The van der Waals surface area contributed by atoms with Crippen LogP contribution in [0.2, 0.25) is 0 Å². The van der Waals surface area contributed by atoms with E-state index in [9.17, 15) is 13.2 Å². The third kappa shape index (κ3) is 5.14. The quantitative estimate of drug-likeness (QED) is 0.543. The maximum absolute atomic E-state index is 12.5. The fourth-order valence-electron chi connectivity index (χ4n) is 3.44. The lowest BCUT2D eigenvalue weighted by Crippen LogP contribution is -2.22. The summed E-state index contributed by atoms with van der Waals surface area (Å²) in [6.07, 6.45) is 2.78. The number of hydrogen-bond donors (Lipinski definition) is 1. The molecule has 2 aromatic carbocycles. The van der Waals surface area contributed by atoms with Crippen molar-refractivity contribution in [3.8, 4) is 0 Å². The lowest BCUT2D eigenvalue weighted by atomic mass is 10.2. The van der Waals surface area contributed by atoms with E-state index < -0.39 is 10.0 Å². The summed E-state index contributed by atoms with van der Waals surface area (Å²) < 4.78 is 28.3. The van der Waals surface area contributed by atoms with Gasteiger partial charge in [-0.15, -0.1) is 0 Å². The van der Waals surface area contributed by atoms with Gasteiger partial charge in [-0.25, -0.2) is 17.7 Å². The third-order valence-corrected chi connectivity index (χ3v) is 7.12. The number of nitrogens with one attached hydrogen (secondary N) is 1. The van der Waals surface area contributed by atoms with Gasteiger partial charge in [0.05, 0.1) is 15.9 Å². The Morgan fingerprint density at radius 2 is 1.90 bits per heavy atom. The number of hydrogen-bond acceptors (Lipinski definition) is 4. The monoisotopic (exact) mass is 442 g/mol. The largest absolute Gasteiger partial charge is 0.328 e. The van der Waals surface area contributed by atoms with Crippen LogP contribution < -0.4 is 5.32 Å². The molecule has 166 valence electrons. The number of aromatic nitrogens is 2. The van der Waals surface area contributed by atoms with Gasteiger partial charge in [0.2, 0.25) is 15.9 Å². The number of imidazole rings is 1. The van der Waals surface area contributed by atoms with Crippen molar-refractivity contribution in [3.63, 3.8) is 0 Å². The summed E-state index contributed by atoms with van der Waals surface area (Å²) in [6.45, 7) is 4.86. The summed E-state index contributed by atoms with van der Waals surface area (Å²) in [6, 6.07) is 12.7. The topological polar surface area (TPSA) is 84.3 Å². The summed E-state index contributed by atoms with van der Waals surface area (Å²) in [5.41, 5.74) is 3.35. The molecule has 0 saturated carbocycles. The Balaban J connectivity index is 1.86. The van der Waals surface area contributed by atoms with Crippen LogP contribution in [0.1, 0.15) is 37.6 Å². The molecule has 1 aromatic heterocycles. The predicted octanol–water partition coefficient (Wildman–Crippen LogP) is 3.97. The Morgan fingerprint density at radius 1 is 1.16 bits per heavy atom. The standard InChI is InChI=1S/C23H30N4O3S/c1-5-6-15-27-21-12-11-18(31(29,30)26(3)4)16-20(21)24-22(27)13-14-23(28)25-19-10-8-7-9-17(19)2/h7-12,16H,5-6,13-15H2,1-4H3,(H,25,28). The van der Waals surface area contributed by atoms with Gasteiger partial charge in [-0.3, -0.25) is 4.79 Å². The van der Waals surface area contributed by atoms with E-state index >= 15 is 0 Å². The van der Waals surface area contributed by atoms with Crippen LogP contribution in [0.25, 0.3) is 11.0 Å². The zero-order valence-corrected chi connectivity index (χ0v) is 19.4. The second-order valence-corrected chi connectivity index (χ2v) is 9.99. The number of nitrogens with zero attached hydrogens (tertiary/aromatic N) is 3. The van der Waals surface area contributed by atoms with Crippen molar-refractivity contribution in [3.05, 3.63) is 53.9 Å². The number of sulfonamides is 1. The van der Waals surface area contributed by atoms with Crippen LogP contribution in [0, 0.1) is 6.92 Å². The third-order valence-electron chi connectivity index (χ3n) is 5.31. The lowest BCUT2D eigenvalue weighted by molar-refractivity contribution is -0.116. The van der Waals surface area contributed by atoms with Gasteiger partial charge >= 0.3 is 0 Å². The molecule has 8 heteroatoms. The molecule has 3 aromatic rings. The van der Waals surface area contributed by atoms with Gasteiger partial charge in [0, 0.05) is 39.2 Å². The minimum Gasteiger partial charge on any atom is -0.328 e. The van der Waals surface area contributed by atoms with Gasteiger partial charge in [0.1, 0.15) is 5.82 Å². The first-order valence-electron chi connectivity index (χ1n) is 10.5. The van der Waals surface area contributed by atoms with E-state index in [2.05, 4.69) is 16.8 Å². The molecule has 0 spiro atoms. The Bertz CT molecular complexity index is 1180. The fourth-order valence-corrected chi connectivity index (χ4v) is 4.36. The number of carbonyl (C=O) groups excluding carboxylic acids is 1. The maximum Gasteiger partial charge on any atom is 0.242 e. The van der Waals surface area contributed by atoms with Crippen LogP contribution in [0.5, 0.6) is 0 Å². The highest BCUT2D eigenvalue weighted by atomic mass is 32.2. The number of benzene rings is 2. The second kappa shape index (κ2) is 9.62. The van der Waals surface area contributed by atoms with Crippen LogP contribution in [-0.4, -0.2) is 42.3 Å². The molecule has 31 heavy (non-hydrogen) atoms. The average molecular weight is 443 g/mol. The molecule has 0 radical (unpaired) electrons. The van der Waals surface area contributed by atoms with Gasteiger partial charge in [-0.05, 0) is 43.2 Å². The molecule has 0 fully saturated rings. The Morgan fingerprint density at radius 3 is 2.58 bits per heavy atom. The van der Waals surface area contributed by atoms with Gasteiger partial charge in [-0.1, -0.05) is 31.5 Å². The predicted molar refractivity (Wildman–Crippen MR) is 124 cm³/mol. The average Bonchev–Trinajstić information content (AvgIpc) is 3.09.